The van der Waals surface area contributed by atoms with Crippen molar-refractivity contribution < 1.29 is 0 Å². The Morgan fingerprint density at radius 3 is 2.43 bits per heavy atom. The minimum absolute atomic E-state index is 0.0371. The first-order valence-corrected chi connectivity index (χ1v) is 8.60. The highest BCUT2D eigenvalue weighted by Crippen LogP contribution is 2.24. The molecule has 5 nitrogen and oxygen atoms in total. The maximum Gasteiger partial charge on any atom is 0.204 e. The zero-order valence-electron chi connectivity index (χ0n) is 14.1. The first-order chi connectivity index (χ1) is 9.86. The minimum atomic E-state index is 0.0371. The SMILES string of the molecule is CN1CCN(CCCN(C)c2nc(C(C)(C)C)ns2)CC1. The van der Waals surface area contributed by atoms with Gasteiger partial charge in [-0.1, -0.05) is 20.8 Å². The summed E-state index contributed by atoms with van der Waals surface area (Å²) < 4.78 is 4.49. The maximum absolute atomic E-state index is 4.67. The number of hydrogen-bond acceptors (Lipinski definition) is 6. The predicted molar refractivity (Wildman–Crippen MR) is 90.4 cm³/mol. The molecule has 1 saturated heterocycles. The summed E-state index contributed by atoms with van der Waals surface area (Å²) >= 11 is 1.52. The van der Waals surface area contributed by atoms with E-state index in [0.29, 0.717) is 0 Å². The molecule has 0 aromatic carbocycles. The van der Waals surface area contributed by atoms with Crippen LogP contribution in [0.25, 0.3) is 0 Å². The van der Waals surface area contributed by atoms with Gasteiger partial charge in [-0.3, -0.25) is 0 Å². The second-order valence-corrected chi connectivity index (χ2v) is 7.80. The highest BCUT2D eigenvalue weighted by Gasteiger charge is 2.20. The zero-order chi connectivity index (χ0) is 15.5. The van der Waals surface area contributed by atoms with Gasteiger partial charge in [-0.25, -0.2) is 4.98 Å². The summed E-state index contributed by atoms with van der Waals surface area (Å²) in [6.07, 6.45) is 1.19. The van der Waals surface area contributed by atoms with Crippen LogP contribution in [0, 0.1) is 0 Å². The van der Waals surface area contributed by atoms with Crippen molar-refractivity contribution in [1.29, 1.82) is 0 Å². The summed E-state index contributed by atoms with van der Waals surface area (Å²) in [5.41, 5.74) is 0.0371. The smallest absolute Gasteiger partial charge is 0.204 e. The summed E-state index contributed by atoms with van der Waals surface area (Å²) in [7, 11) is 4.32. The van der Waals surface area contributed by atoms with Gasteiger partial charge in [0.2, 0.25) is 5.13 Å². The second-order valence-electron chi connectivity index (χ2n) is 7.07. The molecule has 21 heavy (non-hydrogen) atoms. The van der Waals surface area contributed by atoms with Crippen molar-refractivity contribution >= 4 is 16.7 Å². The number of piperazine rings is 1. The highest BCUT2D eigenvalue weighted by molar-refractivity contribution is 7.09. The Balaban J connectivity index is 1.74. The lowest BCUT2D eigenvalue weighted by Crippen LogP contribution is -2.45. The fourth-order valence-electron chi connectivity index (χ4n) is 2.37. The monoisotopic (exact) mass is 311 g/mol. The van der Waals surface area contributed by atoms with Crippen LogP contribution in [0.3, 0.4) is 0 Å². The molecular weight excluding hydrogens is 282 g/mol. The van der Waals surface area contributed by atoms with Gasteiger partial charge in [-0.15, -0.1) is 0 Å². The van der Waals surface area contributed by atoms with Crippen molar-refractivity contribution in [1.82, 2.24) is 19.2 Å². The Morgan fingerprint density at radius 2 is 1.86 bits per heavy atom. The topological polar surface area (TPSA) is 35.5 Å². The van der Waals surface area contributed by atoms with Crippen LogP contribution < -0.4 is 4.90 Å². The van der Waals surface area contributed by atoms with E-state index in [2.05, 4.69) is 58.9 Å². The van der Waals surface area contributed by atoms with Gasteiger partial charge in [0.05, 0.1) is 0 Å². The molecule has 0 radical (unpaired) electrons. The lowest BCUT2D eigenvalue weighted by atomic mass is 9.96. The summed E-state index contributed by atoms with van der Waals surface area (Å²) in [4.78, 5) is 11.9. The molecule has 2 heterocycles. The molecule has 0 bridgehead atoms. The molecule has 0 unspecified atom stereocenters. The molecule has 6 heteroatoms. The van der Waals surface area contributed by atoms with Crippen molar-refractivity contribution in [3.8, 4) is 0 Å². The Bertz CT molecular complexity index is 432. The predicted octanol–water partition coefficient (Wildman–Crippen LogP) is 1.91. The fraction of sp³-hybridized carbons (Fsp3) is 0.867. The Labute approximate surface area is 133 Å². The summed E-state index contributed by atoms with van der Waals surface area (Å²) in [5.74, 6) is 0.952. The normalized spacial score (nSPS) is 18.1. The first kappa shape index (κ1) is 16.6. The van der Waals surface area contributed by atoms with Gasteiger partial charge in [0.1, 0.15) is 5.82 Å². The maximum atomic E-state index is 4.67. The molecule has 0 atom stereocenters. The van der Waals surface area contributed by atoms with Gasteiger partial charge in [-0.2, -0.15) is 4.37 Å². The van der Waals surface area contributed by atoms with Crippen molar-refractivity contribution in [3.05, 3.63) is 5.82 Å². The molecule has 1 aliphatic heterocycles. The average molecular weight is 311 g/mol. The van der Waals surface area contributed by atoms with E-state index in [9.17, 15) is 0 Å². The van der Waals surface area contributed by atoms with Crippen molar-refractivity contribution in [2.75, 3.05) is 58.3 Å². The largest absolute Gasteiger partial charge is 0.350 e. The van der Waals surface area contributed by atoms with Crippen LogP contribution in [0.15, 0.2) is 0 Å². The molecule has 0 N–H and O–H groups in total. The van der Waals surface area contributed by atoms with Crippen LogP contribution in [0.1, 0.15) is 33.0 Å². The standard InChI is InChI=1S/C15H29N5S/c1-15(2,3)13-16-14(21-17-13)19(5)7-6-8-20-11-9-18(4)10-12-20/h6-12H2,1-5H3. The van der Waals surface area contributed by atoms with Gasteiger partial charge in [0, 0.05) is 56.7 Å². The summed E-state index contributed by atoms with van der Waals surface area (Å²) in [5, 5.41) is 1.04. The van der Waals surface area contributed by atoms with Crippen molar-refractivity contribution in [2.24, 2.45) is 0 Å². The van der Waals surface area contributed by atoms with Crippen LogP contribution >= 0.6 is 11.5 Å². The molecule has 1 aliphatic rings. The third-order valence-electron chi connectivity index (χ3n) is 3.98. The molecule has 1 aromatic rings. The molecular formula is C15H29N5S. The van der Waals surface area contributed by atoms with E-state index >= 15 is 0 Å². The second kappa shape index (κ2) is 7.03. The summed E-state index contributed by atoms with van der Waals surface area (Å²) in [6, 6.07) is 0. The van der Waals surface area contributed by atoms with Crippen LogP contribution in [-0.4, -0.2) is 72.5 Å². The molecule has 2 rings (SSSR count). The van der Waals surface area contributed by atoms with Crippen LogP contribution in [0.4, 0.5) is 5.13 Å². The van der Waals surface area contributed by atoms with Gasteiger partial charge >= 0.3 is 0 Å². The number of aromatic nitrogens is 2. The highest BCUT2D eigenvalue weighted by atomic mass is 32.1. The Kier molecular flexibility index (Phi) is 5.57. The number of rotatable bonds is 5. The fourth-order valence-corrected chi connectivity index (χ4v) is 3.21. The quantitative estimate of drug-likeness (QED) is 0.830. The first-order valence-electron chi connectivity index (χ1n) is 7.82. The number of nitrogens with zero attached hydrogens (tertiary/aromatic N) is 5. The summed E-state index contributed by atoms with van der Waals surface area (Å²) in [6.45, 7) is 13.5. The molecule has 120 valence electrons. The minimum Gasteiger partial charge on any atom is -0.350 e. The van der Waals surface area contributed by atoms with E-state index < -0.39 is 0 Å². The van der Waals surface area contributed by atoms with E-state index in [4.69, 9.17) is 0 Å². The van der Waals surface area contributed by atoms with Crippen LogP contribution in [0.5, 0.6) is 0 Å². The molecule has 1 fully saturated rings. The third kappa shape index (κ3) is 4.90. The van der Waals surface area contributed by atoms with Crippen molar-refractivity contribution in [3.63, 3.8) is 0 Å². The van der Waals surface area contributed by atoms with E-state index in [0.717, 1.165) is 17.5 Å². The third-order valence-corrected chi connectivity index (χ3v) is 4.81. The van der Waals surface area contributed by atoms with Gasteiger partial charge in [0.15, 0.2) is 0 Å². The van der Waals surface area contributed by atoms with Crippen LogP contribution in [0.2, 0.25) is 0 Å². The number of hydrogen-bond donors (Lipinski definition) is 0. The van der Waals surface area contributed by atoms with E-state index in [1.54, 1.807) is 0 Å². The lowest BCUT2D eigenvalue weighted by molar-refractivity contribution is 0.153. The van der Waals surface area contributed by atoms with Crippen molar-refractivity contribution in [2.45, 2.75) is 32.6 Å². The van der Waals surface area contributed by atoms with E-state index in [1.165, 1.54) is 50.7 Å². The molecule has 1 aromatic heterocycles. The van der Waals surface area contributed by atoms with Crippen LogP contribution in [-0.2, 0) is 5.41 Å². The average Bonchev–Trinajstić information content (AvgIpc) is 2.90. The van der Waals surface area contributed by atoms with Gasteiger partial charge in [-0.05, 0) is 20.0 Å². The Morgan fingerprint density at radius 1 is 1.19 bits per heavy atom. The molecule has 0 amide bonds. The molecule has 0 aliphatic carbocycles. The number of anilines is 1. The zero-order valence-corrected chi connectivity index (χ0v) is 14.9. The molecule has 0 spiro atoms. The molecule has 0 saturated carbocycles. The number of likely N-dealkylation sites (N-methyl/N-ethyl adjacent to an activating group) is 1. The van der Waals surface area contributed by atoms with E-state index in [1.807, 2.05) is 0 Å². The van der Waals surface area contributed by atoms with Gasteiger partial charge in [0.25, 0.3) is 0 Å². The van der Waals surface area contributed by atoms with Gasteiger partial charge < -0.3 is 14.7 Å². The van der Waals surface area contributed by atoms with E-state index in [-0.39, 0.29) is 5.41 Å². The Hall–Kier alpha value is -0.720. The lowest BCUT2D eigenvalue weighted by Gasteiger charge is -2.32.